The first-order valence-corrected chi connectivity index (χ1v) is 8.82. The number of halogens is 2. The number of rotatable bonds is 5. The summed E-state index contributed by atoms with van der Waals surface area (Å²) in [6, 6.07) is 7.47. The number of nitrogens with zero attached hydrogens (tertiary/aromatic N) is 1. The van der Waals surface area contributed by atoms with Crippen molar-refractivity contribution in [1.29, 1.82) is 0 Å². The van der Waals surface area contributed by atoms with Gasteiger partial charge in [0.1, 0.15) is 11.5 Å². The first-order chi connectivity index (χ1) is 10.8. The Hall–Kier alpha value is -1.53. The van der Waals surface area contributed by atoms with Gasteiger partial charge < -0.3 is 4.74 Å². The third kappa shape index (κ3) is 4.06. The van der Waals surface area contributed by atoms with Gasteiger partial charge in [-0.3, -0.25) is 10.1 Å². The van der Waals surface area contributed by atoms with Crippen LogP contribution in [-0.2, 0) is 11.0 Å². The van der Waals surface area contributed by atoms with Crippen LogP contribution < -0.4 is 10.0 Å². The fraction of sp³-hybridized carbons (Fsp3) is 0.143. The minimum absolute atomic E-state index is 0.259. The van der Waals surface area contributed by atoms with Crippen LogP contribution in [0.1, 0.15) is 12.5 Å². The molecule has 0 fully saturated rings. The van der Waals surface area contributed by atoms with Crippen molar-refractivity contribution in [3.05, 3.63) is 55.5 Å². The predicted molar refractivity (Wildman–Crippen MR) is 91.2 cm³/mol. The van der Waals surface area contributed by atoms with Gasteiger partial charge in [-0.2, -0.15) is 4.89 Å². The van der Waals surface area contributed by atoms with E-state index in [0.29, 0.717) is 22.8 Å². The molecule has 6 nitrogen and oxygen atoms in total. The van der Waals surface area contributed by atoms with Crippen molar-refractivity contribution in [1.82, 2.24) is 0 Å². The van der Waals surface area contributed by atoms with Gasteiger partial charge in [-0.25, -0.2) is 0 Å². The van der Waals surface area contributed by atoms with Gasteiger partial charge in [-0.05, 0) is 29.2 Å². The molecule has 0 saturated carbocycles. The number of ether oxygens (including phenoxy) is 1. The van der Waals surface area contributed by atoms with E-state index in [1.54, 1.807) is 25.1 Å². The molecule has 9 heteroatoms. The lowest BCUT2D eigenvalue weighted by molar-refractivity contribution is -0.383. The second-order valence-corrected chi connectivity index (χ2v) is 6.86. The molecule has 0 saturated heterocycles. The van der Waals surface area contributed by atoms with E-state index in [1.807, 2.05) is 0 Å². The lowest BCUT2D eigenvalue weighted by atomic mass is 10.1. The van der Waals surface area contributed by atoms with Crippen LogP contribution in [0.25, 0.3) is 0 Å². The molecule has 0 spiro atoms. The molecule has 0 aromatic heterocycles. The molecule has 1 unspecified atom stereocenters. The van der Waals surface area contributed by atoms with Crippen molar-refractivity contribution in [2.45, 2.75) is 13.3 Å². The number of hydrogen-bond acceptors (Lipinski definition) is 4. The third-order valence-corrected chi connectivity index (χ3v) is 4.61. The largest absolute Gasteiger partial charge is 0.553 e. The van der Waals surface area contributed by atoms with Gasteiger partial charge >= 0.3 is 19.0 Å². The second-order valence-electron chi connectivity index (χ2n) is 4.51. The average Bonchev–Trinajstić information content (AvgIpc) is 2.49. The standard InChI is InChI=1S/C14H10BrClNO5P/c1-2-8-5-11(17(18)19)14(23(20)21)7-13(8)22-12-4-3-9(15)6-10(12)16/h3-7H,2H2,1H3/p+1. The van der Waals surface area contributed by atoms with Crippen molar-refractivity contribution in [2.24, 2.45) is 0 Å². The number of benzene rings is 2. The summed E-state index contributed by atoms with van der Waals surface area (Å²) >= 11 is 9.37. The summed E-state index contributed by atoms with van der Waals surface area (Å²) in [5, 5.41) is 11.1. The third-order valence-electron chi connectivity index (χ3n) is 3.06. The smallest absolute Gasteiger partial charge is 0.455 e. The Morgan fingerprint density at radius 2 is 2.04 bits per heavy atom. The van der Waals surface area contributed by atoms with Crippen molar-refractivity contribution >= 4 is 46.6 Å². The molecule has 0 heterocycles. The monoisotopic (exact) mass is 418 g/mol. The quantitative estimate of drug-likeness (QED) is 0.430. The van der Waals surface area contributed by atoms with Crippen LogP contribution in [0.5, 0.6) is 11.5 Å². The Bertz CT molecular complexity index is 799. The van der Waals surface area contributed by atoms with E-state index in [0.717, 1.165) is 4.47 Å². The normalized spacial score (nSPS) is 11.2. The minimum atomic E-state index is -2.88. The highest BCUT2D eigenvalue weighted by atomic mass is 79.9. The molecular formula is C14H11BrClNO5P+. The van der Waals surface area contributed by atoms with Crippen LogP contribution in [0.15, 0.2) is 34.8 Å². The van der Waals surface area contributed by atoms with Crippen molar-refractivity contribution < 1.29 is 19.1 Å². The Balaban J connectivity index is 2.55. The summed E-state index contributed by atoms with van der Waals surface area (Å²) in [5.41, 5.74) is 0.135. The van der Waals surface area contributed by atoms with Crippen LogP contribution in [0.3, 0.4) is 0 Å². The van der Waals surface area contributed by atoms with E-state index < -0.39 is 18.6 Å². The Morgan fingerprint density at radius 1 is 1.35 bits per heavy atom. The number of hydrogen-bond donors (Lipinski definition) is 1. The van der Waals surface area contributed by atoms with Gasteiger partial charge in [0.2, 0.25) is 0 Å². The van der Waals surface area contributed by atoms with E-state index in [2.05, 4.69) is 15.9 Å². The summed E-state index contributed by atoms with van der Waals surface area (Å²) in [7, 11) is -2.88. The molecule has 120 valence electrons. The first kappa shape index (κ1) is 17.8. The molecule has 2 aromatic rings. The SMILES string of the molecule is CCc1cc([N+](=O)[O-])c([P+](=O)O)cc1Oc1ccc(Br)cc1Cl. The molecule has 1 N–H and O–H groups in total. The Labute approximate surface area is 146 Å². The minimum Gasteiger partial charge on any atom is -0.455 e. The molecule has 0 aliphatic heterocycles. The molecule has 2 rings (SSSR count). The highest BCUT2D eigenvalue weighted by Gasteiger charge is 2.32. The molecular weight excluding hydrogens is 408 g/mol. The van der Waals surface area contributed by atoms with Gasteiger partial charge in [-0.15, -0.1) is 0 Å². The zero-order valence-corrected chi connectivity index (χ0v) is 15.1. The maximum absolute atomic E-state index is 11.4. The average molecular weight is 420 g/mol. The van der Waals surface area contributed by atoms with Gasteiger partial charge in [0.05, 0.1) is 9.95 Å². The van der Waals surface area contributed by atoms with Crippen molar-refractivity contribution in [3.63, 3.8) is 0 Å². The second kappa shape index (κ2) is 7.36. The Kier molecular flexibility index (Phi) is 5.70. The van der Waals surface area contributed by atoms with E-state index >= 15 is 0 Å². The molecule has 0 aliphatic rings. The maximum atomic E-state index is 11.4. The molecule has 0 amide bonds. The summed E-state index contributed by atoms with van der Waals surface area (Å²) in [6.45, 7) is 1.80. The van der Waals surface area contributed by atoms with Crippen LogP contribution in [0, 0.1) is 10.1 Å². The number of aryl methyl sites for hydroxylation is 1. The lowest BCUT2D eigenvalue weighted by Gasteiger charge is -2.11. The van der Waals surface area contributed by atoms with Gasteiger partial charge in [0, 0.05) is 22.2 Å². The van der Waals surface area contributed by atoms with E-state index in [4.69, 9.17) is 16.3 Å². The Morgan fingerprint density at radius 3 is 2.57 bits per heavy atom. The van der Waals surface area contributed by atoms with Crippen molar-refractivity contribution in [3.8, 4) is 11.5 Å². The summed E-state index contributed by atoms with van der Waals surface area (Å²) in [5.74, 6) is 0.604. The summed E-state index contributed by atoms with van der Waals surface area (Å²) < 4.78 is 17.9. The van der Waals surface area contributed by atoms with E-state index in [1.165, 1.54) is 12.1 Å². The van der Waals surface area contributed by atoms with Crippen LogP contribution in [0.4, 0.5) is 5.69 Å². The van der Waals surface area contributed by atoms with Crippen LogP contribution >= 0.6 is 35.6 Å². The fourth-order valence-electron chi connectivity index (χ4n) is 1.95. The van der Waals surface area contributed by atoms with Crippen LogP contribution in [0.2, 0.25) is 5.02 Å². The fourth-order valence-corrected chi connectivity index (χ4v) is 3.23. The summed E-state index contributed by atoms with van der Waals surface area (Å²) in [4.78, 5) is 19.7. The predicted octanol–water partition coefficient (Wildman–Crippen LogP) is 4.73. The number of nitro benzene ring substituents is 1. The van der Waals surface area contributed by atoms with Gasteiger partial charge in [0.25, 0.3) is 0 Å². The molecule has 0 aliphatic carbocycles. The lowest BCUT2D eigenvalue weighted by Crippen LogP contribution is -2.08. The zero-order valence-electron chi connectivity index (χ0n) is 11.8. The molecule has 0 radical (unpaired) electrons. The molecule has 1 atom stereocenters. The van der Waals surface area contributed by atoms with Gasteiger partial charge in [0.15, 0.2) is 0 Å². The number of nitro groups is 1. The molecule has 0 bridgehead atoms. The van der Waals surface area contributed by atoms with Crippen molar-refractivity contribution in [2.75, 3.05) is 0 Å². The first-order valence-electron chi connectivity index (χ1n) is 6.43. The maximum Gasteiger partial charge on any atom is 0.553 e. The topological polar surface area (TPSA) is 89.7 Å². The van der Waals surface area contributed by atoms with E-state index in [9.17, 15) is 19.6 Å². The highest BCUT2D eigenvalue weighted by Crippen LogP contribution is 2.36. The highest BCUT2D eigenvalue weighted by molar-refractivity contribution is 9.10. The molecule has 23 heavy (non-hydrogen) atoms. The van der Waals surface area contributed by atoms with Gasteiger partial charge in [-0.1, -0.05) is 34.5 Å². The van der Waals surface area contributed by atoms with Crippen LogP contribution in [-0.4, -0.2) is 9.82 Å². The molecule has 2 aromatic carbocycles. The van der Waals surface area contributed by atoms with E-state index in [-0.39, 0.29) is 11.1 Å². The zero-order chi connectivity index (χ0) is 17.1. The summed E-state index contributed by atoms with van der Waals surface area (Å²) in [6.07, 6.45) is 0.451.